The fraction of sp³-hybridized carbons (Fsp3) is 0.963. The standard InChI is InChI=1S/C27H54N2O/c1-7-29-19-11-18-26(29)21-28-27(30)20-25(6)17-10-16-24(5)15-9-14-23(4)13-8-12-22(2)3/h22-26H,7-21H2,1-6H3,(H,28,30). The van der Waals surface area contributed by atoms with Crippen LogP contribution in [-0.4, -0.2) is 36.5 Å². The van der Waals surface area contributed by atoms with Gasteiger partial charge in [-0.15, -0.1) is 0 Å². The van der Waals surface area contributed by atoms with Crippen molar-refractivity contribution in [1.82, 2.24) is 10.2 Å². The highest BCUT2D eigenvalue weighted by molar-refractivity contribution is 5.76. The number of likely N-dealkylation sites (N-methyl/N-ethyl adjacent to an activating group) is 1. The van der Waals surface area contributed by atoms with Gasteiger partial charge >= 0.3 is 0 Å². The van der Waals surface area contributed by atoms with Crippen molar-refractivity contribution in [2.45, 2.75) is 125 Å². The summed E-state index contributed by atoms with van der Waals surface area (Å²) in [5, 5.41) is 3.20. The Morgan fingerprint density at radius 2 is 1.40 bits per heavy atom. The Balaban J connectivity index is 2.03. The summed E-state index contributed by atoms with van der Waals surface area (Å²) in [5.74, 6) is 3.33. The van der Waals surface area contributed by atoms with Gasteiger partial charge in [-0.25, -0.2) is 0 Å². The van der Waals surface area contributed by atoms with Gasteiger partial charge in [0.25, 0.3) is 0 Å². The molecule has 4 unspecified atom stereocenters. The quantitative estimate of drug-likeness (QED) is 0.272. The molecule has 1 heterocycles. The van der Waals surface area contributed by atoms with E-state index in [9.17, 15) is 4.79 Å². The van der Waals surface area contributed by atoms with Crippen molar-refractivity contribution in [2.24, 2.45) is 23.7 Å². The van der Waals surface area contributed by atoms with Crippen molar-refractivity contribution >= 4 is 5.91 Å². The van der Waals surface area contributed by atoms with Gasteiger partial charge in [0.15, 0.2) is 0 Å². The van der Waals surface area contributed by atoms with Gasteiger partial charge in [0.05, 0.1) is 0 Å². The molecular weight excluding hydrogens is 368 g/mol. The van der Waals surface area contributed by atoms with E-state index in [0.717, 1.165) is 30.8 Å². The molecule has 1 aliphatic rings. The number of likely N-dealkylation sites (tertiary alicyclic amines) is 1. The smallest absolute Gasteiger partial charge is 0.220 e. The van der Waals surface area contributed by atoms with Crippen molar-refractivity contribution in [2.75, 3.05) is 19.6 Å². The molecule has 178 valence electrons. The van der Waals surface area contributed by atoms with Crippen LogP contribution in [0.4, 0.5) is 0 Å². The van der Waals surface area contributed by atoms with Crippen LogP contribution in [0, 0.1) is 23.7 Å². The fourth-order valence-electron chi connectivity index (χ4n) is 5.06. The summed E-state index contributed by atoms with van der Waals surface area (Å²) in [7, 11) is 0. The monoisotopic (exact) mass is 422 g/mol. The second kappa shape index (κ2) is 16.1. The zero-order valence-electron chi connectivity index (χ0n) is 21.3. The molecule has 1 rings (SSSR count). The molecule has 0 aromatic carbocycles. The van der Waals surface area contributed by atoms with Gasteiger partial charge in [-0.05, 0) is 49.6 Å². The molecule has 3 heteroatoms. The SMILES string of the molecule is CCN1CCCC1CNC(=O)CC(C)CCCC(C)CCCC(C)CCCC(C)C. The van der Waals surface area contributed by atoms with Gasteiger partial charge in [0.2, 0.25) is 5.91 Å². The lowest BCUT2D eigenvalue weighted by molar-refractivity contribution is -0.122. The number of hydrogen-bond donors (Lipinski definition) is 1. The Morgan fingerprint density at radius 3 is 1.93 bits per heavy atom. The summed E-state index contributed by atoms with van der Waals surface area (Å²) in [6.07, 6.45) is 15.3. The van der Waals surface area contributed by atoms with Crippen molar-refractivity contribution in [1.29, 1.82) is 0 Å². The van der Waals surface area contributed by atoms with E-state index in [1.165, 1.54) is 77.2 Å². The molecule has 0 saturated carbocycles. The molecule has 4 atom stereocenters. The van der Waals surface area contributed by atoms with E-state index in [0.29, 0.717) is 18.4 Å². The van der Waals surface area contributed by atoms with E-state index >= 15 is 0 Å². The molecule has 1 amide bonds. The second-order valence-corrected chi connectivity index (χ2v) is 10.9. The zero-order valence-corrected chi connectivity index (χ0v) is 21.3. The molecular formula is C27H54N2O. The molecule has 0 radical (unpaired) electrons. The van der Waals surface area contributed by atoms with E-state index in [1.807, 2.05) is 0 Å². The first-order chi connectivity index (χ1) is 14.3. The number of nitrogens with zero attached hydrogens (tertiary/aromatic N) is 1. The van der Waals surface area contributed by atoms with Crippen LogP contribution in [0.5, 0.6) is 0 Å². The Kier molecular flexibility index (Phi) is 14.8. The van der Waals surface area contributed by atoms with Gasteiger partial charge in [-0.2, -0.15) is 0 Å². The van der Waals surface area contributed by atoms with Gasteiger partial charge < -0.3 is 5.32 Å². The van der Waals surface area contributed by atoms with Crippen LogP contribution in [0.25, 0.3) is 0 Å². The number of carbonyl (C=O) groups excluding carboxylic acids is 1. The van der Waals surface area contributed by atoms with Crippen LogP contribution in [0.3, 0.4) is 0 Å². The summed E-state index contributed by atoms with van der Waals surface area (Å²) in [5.41, 5.74) is 0. The molecule has 0 aromatic rings. The highest BCUT2D eigenvalue weighted by Crippen LogP contribution is 2.22. The lowest BCUT2D eigenvalue weighted by atomic mass is 9.90. The maximum atomic E-state index is 12.3. The Morgan fingerprint density at radius 1 is 0.867 bits per heavy atom. The molecule has 1 aliphatic heterocycles. The van der Waals surface area contributed by atoms with Gasteiger partial charge in [0, 0.05) is 19.0 Å². The van der Waals surface area contributed by atoms with Crippen molar-refractivity contribution < 1.29 is 4.79 Å². The van der Waals surface area contributed by atoms with Crippen molar-refractivity contribution in [3.8, 4) is 0 Å². The second-order valence-electron chi connectivity index (χ2n) is 10.9. The van der Waals surface area contributed by atoms with Crippen molar-refractivity contribution in [3.05, 3.63) is 0 Å². The summed E-state index contributed by atoms with van der Waals surface area (Å²) < 4.78 is 0. The molecule has 1 saturated heterocycles. The predicted molar refractivity (Wildman–Crippen MR) is 132 cm³/mol. The van der Waals surface area contributed by atoms with Crippen LogP contribution in [0.15, 0.2) is 0 Å². The first-order valence-electron chi connectivity index (χ1n) is 13.3. The van der Waals surface area contributed by atoms with Crippen LogP contribution in [0.2, 0.25) is 0 Å². The van der Waals surface area contributed by atoms with Crippen LogP contribution in [0.1, 0.15) is 119 Å². The summed E-state index contributed by atoms with van der Waals surface area (Å²) >= 11 is 0. The summed E-state index contributed by atoms with van der Waals surface area (Å²) in [6.45, 7) is 17.1. The predicted octanol–water partition coefficient (Wildman–Crippen LogP) is 7.05. The first-order valence-corrected chi connectivity index (χ1v) is 13.3. The minimum atomic E-state index is 0.255. The number of nitrogens with one attached hydrogen (secondary N) is 1. The summed E-state index contributed by atoms with van der Waals surface area (Å²) in [6, 6.07) is 0.563. The third kappa shape index (κ3) is 13.0. The fourth-order valence-corrected chi connectivity index (χ4v) is 5.06. The maximum Gasteiger partial charge on any atom is 0.220 e. The molecule has 0 aliphatic carbocycles. The third-order valence-electron chi connectivity index (χ3n) is 7.24. The minimum absolute atomic E-state index is 0.255. The lowest BCUT2D eigenvalue weighted by Crippen LogP contribution is -2.40. The highest BCUT2D eigenvalue weighted by Gasteiger charge is 2.23. The Hall–Kier alpha value is -0.570. The third-order valence-corrected chi connectivity index (χ3v) is 7.24. The van der Waals surface area contributed by atoms with E-state index in [1.54, 1.807) is 0 Å². The number of carbonyl (C=O) groups is 1. The Bertz CT molecular complexity index is 437. The van der Waals surface area contributed by atoms with E-state index < -0.39 is 0 Å². The average molecular weight is 423 g/mol. The molecule has 0 bridgehead atoms. The van der Waals surface area contributed by atoms with Crippen LogP contribution in [-0.2, 0) is 4.79 Å². The maximum absolute atomic E-state index is 12.3. The van der Waals surface area contributed by atoms with Crippen molar-refractivity contribution in [3.63, 3.8) is 0 Å². The normalized spacial score (nSPS) is 20.4. The van der Waals surface area contributed by atoms with Gasteiger partial charge in [-0.3, -0.25) is 9.69 Å². The van der Waals surface area contributed by atoms with E-state index in [-0.39, 0.29) is 5.91 Å². The van der Waals surface area contributed by atoms with E-state index in [2.05, 4.69) is 51.8 Å². The minimum Gasteiger partial charge on any atom is -0.355 e. The Labute approximate surface area is 189 Å². The number of amides is 1. The molecule has 1 fully saturated rings. The lowest BCUT2D eigenvalue weighted by Gasteiger charge is -2.23. The van der Waals surface area contributed by atoms with Crippen LogP contribution < -0.4 is 5.32 Å². The molecule has 3 nitrogen and oxygen atoms in total. The van der Waals surface area contributed by atoms with E-state index in [4.69, 9.17) is 0 Å². The molecule has 0 spiro atoms. The number of hydrogen-bond acceptors (Lipinski definition) is 2. The highest BCUT2D eigenvalue weighted by atomic mass is 16.1. The first kappa shape index (κ1) is 27.5. The molecule has 1 N–H and O–H groups in total. The zero-order chi connectivity index (χ0) is 22.4. The topological polar surface area (TPSA) is 32.3 Å². The molecule has 0 aromatic heterocycles. The average Bonchev–Trinajstić information content (AvgIpc) is 3.13. The van der Waals surface area contributed by atoms with Crippen LogP contribution >= 0.6 is 0 Å². The van der Waals surface area contributed by atoms with Gasteiger partial charge in [-0.1, -0.05) is 99.3 Å². The largest absolute Gasteiger partial charge is 0.355 e. The molecule has 30 heavy (non-hydrogen) atoms. The summed E-state index contributed by atoms with van der Waals surface area (Å²) in [4.78, 5) is 14.8. The number of rotatable bonds is 17. The van der Waals surface area contributed by atoms with Gasteiger partial charge in [0.1, 0.15) is 0 Å².